The molecule has 0 fully saturated rings. The molecular formula is C13H20O2. The topological polar surface area (TPSA) is 26.3 Å². The lowest BCUT2D eigenvalue weighted by Gasteiger charge is -2.00. The van der Waals surface area contributed by atoms with Gasteiger partial charge < -0.3 is 4.74 Å². The van der Waals surface area contributed by atoms with Gasteiger partial charge in [-0.1, -0.05) is 23.8 Å². The zero-order chi connectivity index (χ0) is 11.7. The Bertz CT molecular complexity index is 268. The van der Waals surface area contributed by atoms with E-state index in [1.807, 2.05) is 13.0 Å². The molecule has 0 bridgehead atoms. The van der Waals surface area contributed by atoms with Crippen LogP contribution in [0.5, 0.6) is 0 Å². The molecule has 2 heteroatoms. The average Bonchev–Trinajstić information content (AvgIpc) is 2.17. The number of allylic oxidation sites excluding steroid dienone is 3. The molecule has 84 valence electrons. The van der Waals surface area contributed by atoms with Crippen LogP contribution in [0.25, 0.3) is 0 Å². The summed E-state index contributed by atoms with van der Waals surface area (Å²) >= 11 is 0. The molecule has 0 amide bonds. The Hall–Kier alpha value is -1.31. The monoisotopic (exact) mass is 208 g/mol. The van der Waals surface area contributed by atoms with Crippen LogP contribution in [-0.4, -0.2) is 12.6 Å². The number of hydrogen-bond donors (Lipinski definition) is 0. The molecule has 0 saturated heterocycles. The SMILES string of the molecule is C=CC(=O)OCC=C(C)CCC=C(C)C. The van der Waals surface area contributed by atoms with Crippen molar-refractivity contribution in [3.8, 4) is 0 Å². The smallest absolute Gasteiger partial charge is 0.330 e. The number of carbonyl (C=O) groups excluding carboxylic acids is 1. The maximum atomic E-state index is 10.7. The van der Waals surface area contributed by atoms with E-state index in [1.54, 1.807) is 0 Å². The highest BCUT2D eigenvalue weighted by Crippen LogP contribution is 2.06. The van der Waals surface area contributed by atoms with Gasteiger partial charge in [0.15, 0.2) is 0 Å². The first-order valence-corrected chi connectivity index (χ1v) is 5.14. The number of hydrogen-bond acceptors (Lipinski definition) is 2. The fraction of sp³-hybridized carbons (Fsp3) is 0.462. The molecule has 0 rings (SSSR count). The van der Waals surface area contributed by atoms with Gasteiger partial charge in [0.1, 0.15) is 6.61 Å². The summed E-state index contributed by atoms with van der Waals surface area (Å²) in [5, 5.41) is 0. The zero-order valence-corrected chi connectivity index (χ0v) is 9.88. The van der Waals surface area contributed by atoms with Crippen molar-refractivity contribution in [3.05, 3.63) is 36.0 Å². The third-order valence-electron chi connectivity index (χ3n) is 1.92. The molecule has 0 heterocycles. The molecule has 0 aliphatic carbocycles. The third kappa shape index (κ3) is 9.01. The van der Waals surface area contributed by atoms with Crippen LogP contribution in [0.15, 0.2) is 36.0 Å². The second-order valence-electron chi connectivity index (χ2n) is 3.70. The van der Waals surface area contributed by atoms with E-state index < -0.39 is 0 Å². The van der Waals surface area contributed by atoms with E-state index in [1.165, 1.54) is 17.2 Å². The minimum Gasteiger partial charge on any atom is -0.458 e. The molecule has 0 atom stereocenters. The molecule has 0 saturated carbocycles. The summed E-state index contributed by atoms with van der Waals surface area (Å²) in [6, 6.07) is 0. The Labute approximate surface area is 92.3 Å². The van der Waals surface area contributed by atoms with Gasteiger partial charge in [0.25, 0.3) is 0 Å². The summed E-state index contributed by atoms with van der Waals surface area (Å²) in [7, 11) is 0. The summed E-state index contributed by atoms with van der Waals surface area (Å²) in [6.45, 7) is 9.88. The van der Waals surface area contributed by atoms with Crippen molar-refractivity contribution in [2.75, 3.05) is 6.61 Å². The first-order valence-electron chi connectivity index (χ1n) is 5.14. The summed E-state index contributed by atoms with van der Waals surface area (Å²) in [5.74, 6) is -0.372. The van der Waals surface area contributed by atoms with Crippen LogP contribution in [0.2, 0.25) is 0 Å². The number of rotatable bonds is 6. The van der Waals surface area contributed by atoms with Crippen LogP contribution in [0.3, 0.4) is 0 Å². The maximum Gasteiger partial charge on any atom is 0.330 e. The Balaban J connectivity index is 3.74. The third-order valence-corrected chi connectivity index (χ3v) is 1.92. The van der Waals surface area contributed by atoms with Gasteiger partial charge in [0, 0.05) is 6.08 Å². The highest BCUT2D eigenvalue weighted by atomic mass is 16.5. The Morgan fingerprint density at radius 3 is 2.47 bits per heavy atom. The van der Waals surface area contributed by atoms with Gasteiger partial charge in [0.2, 0.25) is 0 Å². The predicted octanol–water partition coefficient (Wildman–Crippen LogP) is 3.41. The zero-order valence-electron chi connectivity index (χ0n) is 9.88. The van der Waals surface area contributed by atoms with Gasteiger partial charge >= 0.3 is 5.97 Å². The van der Waals surface area contributed by atoms with Crippen molar-refractivity contribution in [1.82, 2.24) is 0 Å². The van der Waals surface area contributed by atoms with Crippen LogP contribution in [0.4, 0.5) is 0 Å². The second kappa shape index (κ2) is 8.04. The van der Waals surface area contributed by atoms with Crippen LogP contribution < -0.4 is 0 Å². The normalized spacial score (nSPS) is 10.7. The largest absolute Gasteiger partial charge is 0.458 e. The summed E-state index contributed by atoms with van der Waals surface area (Å²) in [6.07, 6.45) is 7.36. The molecule has 0 aromatic heterocycles. The first-order chi connectivity index (χ1) is 7.06. The van der Waals surface area contributed by atoms with E-state index in [-0.39, 0.29) is 5.97 Å². The van der Waals surface area contributed by atoms with Gasteiger partial charge in [-0.15, -0.1) is 0 Å². The van der Waals surface area contributed by atoms with Gasteiger partial charge in [0.05, 0.1) is 0 Å². The Morgan fingerprint density at radius 2 is 1.93 bits per heavy atom. The number of ether oxygens (including phenoxy) is 1. The van der Waals surface area contributed by atoms with E-state index in [9.17, 15) is 4.79 Å². The fourth-order valence-electron chi connectivity index (χ4n) is 1.02. The fourth-order valence-corrected chi connectivity index (χ4v) is 1.02. The molecule has 0 radical (unpaired) electrons. The van der Waals surface area contributed by atoms with Crippen molar-refractivity contribution in [2.45, 2.75) is 33.6 Å². The van der Waals surface area contributed by atoms with Crippen LogP contribution in [0, 0.1) is 0 Å². The van der Waals surface area contributed by atoms with Crippen LogP contribution in [-0.2, 0) is 9.53 Å². The minimum absolute atomic E-state index is 0.339. The lowest BCUT2D eigenvalue weighted by atomic mass is 10.1. The quantitative estimate of drug-likeness (QED) is 0.380. The molecule has 0 aliphatic heterocycles. The van der Waals surface area contributed by atoms with Crippen molar-refractivity contribution in [3.63, 3.8) is 0 Å². The Morgan fingerprint density at radius 1 is 1.27 bits per heavy atom. The van der Waals surface area contributed by atoms with Gasteiger partial charge in [-0.3, -0.25) is 0 Å². The lowest BCUT2D eigenvalue weighted by molar-refractivity contribution is -0.136. The van der Waals surface area contributed by atoms with E-state index in [2.05, 4.69) is 26.5 Å². The molecule has 0 aromatic carbocycles. The molecule has 15 heavy (non-hydrogen) atoms. The van der Waals surface area contributed by atoms with Crippen molar-refractivity contribution < 1.29 is 9.53 Å². The molecule has 0 N–H and O–H groups in total. The molecule has 0 aromatic rings. The highest BCUT2D eigenvalue weighted by molar-refractivity contribution is 5.81. The molecule has 0 aliphatic rings. The van der Waals surface area contributed by atoms with Crippen LogP contribution >= 0.6 is 0 Å². The van der Waals surface area contributed by atoms with Gasteiger partial charge in [-0.05, 0) is 39.7 Å². The van der Waals surface area contributed by atoms with Crippen molar-refractivity contribution >= 4 is 5.97 Å². The molecule has 2 nitrogen and oxygen atoms in total. The minimum atomic E-state index is -0.372. The van der Waals surface area contributed by atoms with Crippen LogP contribution in [0.1, 0.15) is 33.6 Å². The molecule has 0 spiro atoms. The standard InChI is InChI=1S/C13H20O2/c1-5-13(14)15-10-9-12(4)8-6-7-11(2)3/h5,7,9H,1,6,8,10H2,2-4H3. The van der Waals surface area contributed by atoms with E-state index in [4.69, 9.17) is 4.74 Å². The van der Waals surface area contributed by atoms with Crippen molar-refractivity contribution in [2.24, 2.45) is 0 Å². The van der Waals surface area contributed by atoms with Gasteiger partial charge in [-0.2, -0.15) is 0 Å². The lowest BCUT2D eigenvalue weighted by Crippen LogP contribution is -1.99. The highest BCUT2D eigenvalue weighted by Gasteiger charge is 1.93. The van der Waals surface area contributed by atoms with Gasteiger partial charge in [-0.25, -0.2) is 4.79 Å². The molecule has 0 unspecified atom stereocenters. The molecular weight excluding hydrogens is 188 g/mol. The van der Waals surface area contributed by atoms with Crippen molar-refractivity contribution in [1.29, 1.82) is 0 Å². The predicted molar refractivity (Wildman–Crippen MR) is 63.6 cm³/mol. The van der Waals surface area contributed by atoms with E-state index in [0.717, 1.165) is 12.8 Å². The van der Waals surface area contributed by atoms with E-state index >= 15 is 0 Å². The average molecular weight is 208 g/mol. The number of esters is 1. The summed E-state index contributed by atoms with van der Waals surface area (Å²) in [5.41, 5.74) is 2.57. The summed E-state index contributed by atoms with van der Waals surface area (Å²) < 4.78 is 4.84. The second-order valence-corrected chi connectivity index (χ2v) is 3.70. The maximum absolute atomic E-state index is 10.7. The summed E-state index contributed by atoms with van der Waals surface area (Å²) in [4.78, 5) is 10.7. The Kier molecular flexibility index (Phi) is 7.33. The number of carbonyl (C=O) groups is 1. The first kappa shape index (κ1) is 13.7. The van der Waals surface area contributed by atoms with E-state index in [0.29, 0.717) is 6.61 Å².